The van der Waals surface area contributed by atoms with Crippen LogP contribution in [0.1, 0.15) is 19.7 Å². The second kappa shape index (κ2) is 6.60. The molecule has 5 nitrogen and oxygen atoms in total. The van der Waals surface area contributed by atoms with Crippen LogP contribution in [-0.2, 0) is 17.7 Å². The zero-order chi connectivity index (χ0) is 12.0. The Hall–Kier alpha value is -0.940. The van der Waals surface area contributed by atoms with Gasteiger partial charge in [-0.2, -0.15) is 5.10 Å². The molecule has 1 unspecified atom stereocenters. The number of nitrogens with one attached hydrogen (secondary N) is 1. The van der Waals surface area contributed by atoms with Crippen molar-refractivity contribution in [1.82, 2.24) is 20.1 Å². The highest BCUT2D eigenvalue weighted by Gasteiger charge is 2.12. The smallest absolute Gasteiger partial charge is 0.138 e. The van der Waals surface area contributed by atoms with Gasteiger partial charge >= 0.3 is 0 Å². The van der Waals surface area contributed by atoms with Crippen molar-refractivity contribution < 1.29 is 4.74 Å². The summed E-state index contributed by atoms with van der Waals surface area (Å²) in [5.41, 5.74) is 0. The molecule has 1 rings (SSSR count). The standard InChI is InChI=1S/C11H22N4O/c1-9(2)6-15-11(13-8-14-15)5-10(12-3)7-16-4/h8-10,12H,5-7H2,1-4H3. The van der Waals surface area contributed by atoms with Crippen LogP contribution in [-0.4, -0.2) is 41.6 Å². The summed E-state index contributed by atoms with van der Waals surface area (Å²) in [6.07, 6.45) is 2.47. The molecule has 0 bridgehead atoms. The van der Waals surface area contributed by atoms with Crippen LogP contribution < -0.4 is 5.32 Å². The van der Waals surface area contributed by atoms with Crippen LogP contribution >= 0.6 is 0 Å². The van der Waals surface area contributed by atoms with Crippen LogP contribution in [0.15, 0.2) is 6.33 Å². The molecule has 0 aliphatic carbocycles. The van der Waals surface area contributed by atoms with E-state index in [1.807, 2.05) is 11.7 Å². The summed E-state index contributed by atoms with van der Waals surface area (Å²) in [6, 6.07) is 0.292. The molecule has 1 aromatic heterocycles. The highest BCUT2D eigenvalue weighted by atomic mass is 16.5. The molecule has 92 valence electrons. The monoisotopic (exact) mass is 226 g/mol. The van der Waals surface area contributed by atoms with E-state index in [2.05, 4.69) is 29.2 Å². The zero-order valence-corrected chi connectivity index (χ0v) is 10.6. The fourth-order valence-electron chi connectivity index (χ4n) is 1.61. The lowest BCUT2D eigenvalue weighted by Gasteiger charge is -2.15. The molecule has 1 N–H and O–H groups in total. The first-order valence-corrected chi connectivity index (χ1v) is 5.70. The fourth-order valence-corrected chi connectivity index (χ4v) is 1.61. The van der Waals surface area contributed by atoms with Gasteiger partial charge in [-0.05, 0) is 13.0 Å². The number of methoxy groups -OCH3 is 1. The lowest BCUT2D eigenvalue weighted by molar-refractivity contribution is 0.168. The van der Waals surface area contributed by atoms with Gasteiger partial charge in [-0.3, -0.25) is 0 Å². The number of hydrogen-bond acceptors (Lipinski definition) is 4. The first-order valence-electron chi connectivity index (χ1n) is 5.70. The van der Waals surface area contributed by atoms with Gasteiger partial charge in [-0.15, -0.1) is 0 Å². The second-order valence-corrected chi connectivity index (χ2v) is 4.40. The Morgan fingerprint density at radius 1 is 1.50 bits per heavy atom. The summed E-state index contributed by atoms with van der Waals surface area (Å²) >= 11 is 0. The molecule has 0 amide bonds. The molecule has 0 aromatic carbocycles. The summed E-state index contributed by atoms with van der Waals surface area (Å²) in [5, 5.41) is 7.46. The first-order chi connectivity index (χ1) is 7.67. The van der Waals surface area contributed by atoms with E-state index in [4.69, 9.17) is 4.74 Å². The maximum atomic E-state index is 5.14. The van der Waals surface area contributed by atoms with E-state index in [-0.39, 0.29) is 0 Å². The molecule has 1 atom stereocenters. The molecular formula is C11H22N4O. The maximum absolute atomic E-state index is 5.14. The lowest BCUT2D eigenvalue weighted by Crippen LogP contribution is -2.33. The maximum Gasteiger partial charge on any atom is 0.138 e. The average molecular weight is 226 g/mol. The van der Waals surface area contributed by atoms with Crippen molar-refractivity contribution >= 4 is 0 Å². The van der Waals surface area contributed by atoms with Gasteiger partial charge in [0.05, 0.1) is 6.61 Å². The molecule has 1 aromatic rings. The van der Waals surface area contributed by atoms with Gasteiger partial charge < -0.3 is 10.1 Å². The van der Waals surface area contributed by atoms with Gasteiger partial charge in [0, 0.05) is 26.1 Å². The largest absolute Gasteiger partial charge is 0.383 e. The van der Waals surface area contributed by atoms with Gasteiger partial charge in [0.25, 0.3) is 0 Å². The first kappa shape index (κ1) is 13.1. The number of hydrogen-bond donors (Lipinski definition) is 1. The van der Waals surface area contributed by atoms with Crippen molar-refractivity contribution in [3.8, 4) is 0 Å². The molecule has 16 heavy (non-hydrogen) atoms. The van der Waals surface area contributed by atoms with Crippen LogP contribution in [0, 0.1) is 5.92 Å². The molecule has 0 fully saturated rings. The van der Waals surface area contributed by atoms with E-state index in [9.17, 15) is 0 Å². The molecule has 1 heterocycles. The van der Waals surface area contributed by atoms with Crippen molar-refractivity contribution in [3.05, 3.63) is 12.2 Å². The number of aromatic nitrogens is 3. The third kappa shape index (κ3) is 3.90. The van der Waals surface area contributed by atoms with Gasteiger partial charge in [-0.1, -0.05) is 13.8 Å². The van der Waals surface area contributed by atoms with E-state index in [0.29, 0.717) is 18.6 Å². The van der Waals surface area contributed by atoms with Crippen molar-refractivity contribution in [2.75, 3.05) is 20.8 Å². The normalized spacial score (nSPS) is 13.3. The van der Waals surface area contributed by atoms with E-state index in [0.717, 1.165) is 18.8 Å². The third-order valence-electron chi connectivity index (χ3n) is 2.44. The summed E-state index contributed by atoms with van der Waals surface area (Å²) in [5.74, 6) is 1.60. The molecule has 5 heteroatoms. The highest BCUT2D eigenvalue weighted by molar-refractivity contribution is 4.89. The lowest BCUT2D eigenvalue weighted by atomic mass is 10.2. The number of likely N-dealkylation sites (N-methyl/N-ethyl adjacent to an activating group) is 1. The summed E-state index contributed by atoms with van der Waals surface area (Å²) in [6.45, 7) is 5.95. The Bertz CT molecular complexity index is 298. The van der Waals surface area contributed by atoms with Crippen molar-refractivity contribution in [2.45, 2.75) is 32.9 Å². The van der Waals surface area contributed by atoms with Gasteiger partial charge in [-0.25, -0.2) is 9.67 Å². The summed E-state index contributed by atoms with van der Waals surface area (Å²) in [4.78, 5) is 4.30. The summed E-state index contributed by atoms with van der Waals surface area (Å²) in [7, 11) is 3.65. The van der Waals surface area contributed by atoms with Crippen molar-refractivity contribution in [3.63, 3.8) is 0 Å². The number of nitrogens with zero attached hydrogens (tertiary/aromatic N) is 3. The minimum absolute atomic E-state index is 0.292. The Morgan fingerprint density at radius 3 is 2.81 bits per heavy atom. The van der Waals surface area contributed by atoms with E-state index < -0.39 is 0 Å². The van der Waals surface area contributed by atoms with Crippen molar-refractivity contribution in [1.29, 1.82) is 0 Å². The SMILES string of the molecule is CNC(COC)Cc1ncnn1CC(C)C. The second-order valence-electron chi connectivity index (χ2n) is 4.40. The number of rotatable bonds is 7. The minimum atomic E-state index is 0.292. The van der Waals surface area contributed by atoms with Crippen LogP contribution in [0.5, 0.6) is 0 Å². The quantitative estimate of drug-likeness (QED) is 0.744. The molecular weight excluding hydrogens is 204 g/mol. The zero-order valence-electron chi connectivity index (χ0n) is 10.6. The van der Waals surface area contributed by atoms with Crippen LogP contribution in [0.25, 0.3) is 0 Å². The van der Waals surface area contributed by atoms with Gasteiger partial charge in [0.15, 0.2) is 0 Å². The van der Waals surface area contributed by atoms with Crippen LogP contribution in [0.4, 0.5) is 0 Å². The molecule has 0 aliphatic rings. The minimum Gasteiger partial charge on any atom is -0.383 e. The van der Waals surface area contributed by atoms with E-state index in [1.54, 1.807) is 13.4 Å². The van der Waals surface area contributed by atoms with Gasteiger partial charge in [0.1, 0.15) is 12.2 Å². The van der Waals surface area contributed by atoms with Crippen LogP contribution in [0.2, 0.25) is 0 Å². The molecule has 0 saturated heterocycles. The van der Waals surface area contributed by atoms with Crippen molar-refractivity contribution in [2.24, 2.45) is 5.92 Å². The fraction of sp³-hybridized carbons (Fsp3) is 0.818. The van der Waals surface area contributed by atoms with Crippen LogP contribution in [0.3, 0.4) is 0 Å². The highest BCUT2D eigenvalue weighted by Crippen LogP contribution is 2.04. The van der Waals surface area contributed by atoms with Gasteiger partial charge in [0.2, 0.25) is 0 Å². The molecule has 0 aliphatic heterocycles. The number of ether oxygens (including phenoxy) is 1. The Balaban J connectivity index is 2.61. The average Bonchev–Trinajstić information content (AvgIpc) is 2.64. The predicted octanol–water partition coefficient (Wildman–Crippen LogP) is 0.711. The Morgan fingerprint density at radius 2 is 2.25 bits per heavy atom. The molecule has 0 spiro atoms. The molecule has 0 saturated carbocycles. The Labute approximate surface area is 97.2 Å². The molecule has 0 radical (unpaired) electrons. The topological polar surface area (TPSA) is 52.0 Å². The predicted molar refractivity (Wildman–Crippen MR) is 63.3 cm³/mol. The Kier molecular flexibility index (Phi) is 5.42. The van der Waals surface area contributed by atoms with E-state index in [1.165, 1.54) is 0 Å². The third-order valence-corrected chi connectivity index (χ3v) is 2.44. The summed E-state index contributed by atoms with van der Waals surface area (Å²) < 4.78 is 7.12. The van der Waals surface area contributed by atoms with E-state index >= 15 is 0 Å².